The lowest BCUT2D eigenvalue weighted by Gasteiger charge is -2.16. The molecule has 1 aliphatic rings. The zero-order valence-electron chi connectivity index (χ0n) is 15.6. The highest BCUT2D eigenvalue weighted by Crippen LogP contribution is 2.31. The predicted octanol–water partition coefficient (Wildman–Crippen LogP) is 3.22. The van der Waals surface area contributed by atoms with Crippen molar-refractivity contribution < 1.29 is 14.3 Å². The smallest absolute Gasteiger partial charge is 0.323 e. The Morgan fingerprint density at radius 2 is 1.96 bits per heavy atom. The number of nitrogens with one attached hydrogen (secondary N) is 1. The van der Waals surface area contributed by atoms with Crippen LogP contribution in [-0.4, -0.2) is 41.7 Å². The van der Waals surface area contributed by atoms with Gasteiger partial charge in [0, 0.05) is 18.5 Å². The Bertz CT molecular complexity index is 1030. The van der Waals surface area contributed by atoms with Crippen LogP contribution in [0.15, 0.2) is 55.1 Å². The maximum absolute atomic E-state index is 11.8. The summed E-state index contributed by atoms with van der Waals surface area (Å²) in [5.74, 6) is 0.173. The van der Waals surface area contributed by atoms with E-state index in [2.05, 4.69) is 11.9 Å². The molecule has 2 atom stereocenters. The summed E-state index contributed by atoms with van der Waals surface area (Å²) in [5.41, 5.74) is 4.12. The van der Waals surface area contributed by atoms with Gasteiger partial charge in [0.25, 0.3) is 0 Å². The molecule has 4 rings (SSSR count). The minimum absolute atomic E-state index is 0.194. The highest BCUT2D eigenvalue weighted by atomic mass is 16.5. The Morgan fingerprint density at radius 1 is 1.18 bits per heavy atom. The van der Waals surface area contributed by atoms with Crippen LogP contribution in [0.1, 0.15) is 12.0 Å². The molecule has 1 aliphatic heterocycles. The minimum Gasteiger partial charge on any atom is -0.471 e. The van der Waals surface area contributed by atoms with Crippen LogP contribution in [0.25, 0.3) is 28.4 Å². The van der Waals surface area contributed by atoms with E-state index >= 15 is 0 Å². The van der Waals surface area contributed by atoms with Crippen LogP contribution in [0.4, 0.5) is 0 Å². The summed E-state index contributed by atoms with van der Waals surface area (Å²) in [5, 5.41) is 3.13. The van der Waals surface area contributed by atoms with Gasteiger partial charge in [0.05, 0.1) is 18.1 Å². The summed E-state index contributed by atoms with van der Waals surface area (Å²) in [7, 11) is 1.39. The third-order valence-electron chi connectivity index (χ3n) is 4.79. The topological polar surface area (TPSA) is 73.3 Å². The Labute approximate surface area is 163 Å². The van der Waals surface area contributed by atoms with Crippen LogP contribution in [0.3, 0.4) is 0 Å². The number of hydrogen-bond donors (Lipinski definition) is 1. The van der Waals surface area contributed by atoms with Gasteiger partial charge in [-0.3, -0.25) is 4.79 Å². The number of carbonyl (C=O) groups is 1. The molecule has 0 unspecified atom stereocenters. The summed E-state index contributed by atoms with van der Waals surface area (Å²) in [6.45, 7) is 4.38. The van der Waals surface area contributed by atoms with Crippen molar-refractivity contribution in [2.45, 2.75) is 18.6 Å². The summed E-state index contributed by atoms with van der Waals surface area (Å²) in [6.07, 6.45) is 2.12. The molecule has 1 saturated heterocycles. The van der Waals surface area contributed by atoms with E-state index in [1.54, 1.807) is 6.08 Å². The number of methoxy groups -OCH3 is 1. The van der Waals surface area contributed by atoms with Crippen molar-refractivity contribution in [3.05, 3.63) is 60.7 Å². The molecule has 1 N–H and O–H groups in total. The van der Waals surface area contributed by atoms with Crippen molar-refractivity contribution in [1.29, 1.82) is 0 Å². The number of fused-ring (bicyclic) bond motifs is 1. The second-order valence-electron chi connectivity index (χ2n) is 6.66. The number of aromatic nitrogens is 2. The molecule has 1 aromatic heterocycles. The van der Waals surface area contributed by atoms with Crippen LogP contribution in [0.2, 0.25) is 0 Å². The molecule has 6 nitrogen and oxygen atoms in total. The molecule has 0 saturated carbocycles. The highest BCUT2D eigenvalue weighted by Gasteiger charge is 2.32. The molecule has 1 fully saturated rings. The maximum Gasteiger partial charge on any atom is 0.323 e. The van der Waals surface area contributed by atoms with E-state index in [9.17, 15) is 4.79 Å². The zero-order valence-corrected chi connectivity index (χ0v) is 15.6. The van der Waals surface area contributed by atoms with Crippen LogP contribution >= 0.6 is 0 Å². The van der Waals surface area contributed by atoms with Crippen LogP contribution in [-0.2, 0) is 9.53 Å². The number of esters is 1. The van der Waals surface area contributed by atoms with Gasteiger partial charge in [0.1, 0.15) is 17.8 Å². The monoisotopic (exact) mass is 375 g/mol. The summed E-state index contributed by atoms with van der Waals surface area (Å²) >= 11 is 0. The van der Waals surface area contributed by atoms with Crippen molar-refractivity contribution in [3.8, 4) is 17.1 Å². The van der Waals surface area contributed by atoms with Gasteiger partial charge in [-0.15, -0.1) is 0 Å². The normalized spacial score (nSPS) is 18.8. The molecule has 0 amide bonds. The van der Waals surface area contributed by atoms with E-state index in [4.69, 9.17) is 19.4 Å². The number of benzene rings is 2. The molecule has 2 heterocycles. The van der Waals surface area contributed by atoms with Crippen molar-refractivity contribution in [2.75, 3.05) is 13.7 Å². The van der Waals surface area contributed by atoms with Crippen molar-refractivity contribution in [2.24, 2.45) is 0 Å². The molecule has 0 bridgehead atoms. The van der Waals surface area contributed by atoms with E-state index in [1.807, 2.05) is 48.5 Å². The summed E-state index contributed by atoms with van der Waals surface area (Å²) < 4.78 is 11.0. The molecule has 0 radical (unpaired) electrons. The van der Waals surface area contributed by atoms with Crippen LogP contribution in [0.5, 0.6) is 5.88 Å². The molecular formula is C22H21N3O3. The Kier molecular flexibility index (Phi) is 5.04. The number of nitrogens with zero attached hydrogens (tertiary/aromatic N) is 2. The molecular weight excluding hydrogens is 354 g/mol. The first-order valence-electron chi connectivity index (χ1n) is 9.15. The number of ether oxygens (including phenoxy) is 2. The SMILES string of the molecule is C=Cc1cccc(-c2nc3ccccc3nc2O[C@H]2CN[C@H](C(=O)OC)C2)c1. The van der Waals surface area contributed by atoms with Crippen molar-refractivity contribution in [1.82, 2.24) is 15.3 Å². The maximum atomic E-state index is 11.8. The number of hydrogen-bond acceptors (Lipinski definition) is 6. The average molecular weight is 375 g/mol. The Hall–Kier alpha value is -3.25. The predicted molar refractivity (Wildman–Crippen MR) is 108 cm³/mol. The fraction of sp³-hybridized carbons (Fsp3) is 0.227. The number of carbonyl (C=O) groups excluding carboxylic acids is 1. The van der Waals surface area contributed by atoms with E-state index in [0.717, 1.165) is 22.2 Å². The zero-order chi connectivity index (χ0) is 19.5. The number of rotatable bonds is 5. The summed E-state index contributed by atoms with van der Waals surface area (Å²) in [4.78, 5) is 21.3. The third kappa shape index (κ3) is 3.59. The van der Waals surface area contributed by atoms with Crippen molar-refractivity contribution >= 4 is 23.1 Å². The molecule has 0 aliphatic carbocycles. The first-order chi connectivity index (χ1) is 13.7. The van der Waals surface area contributed by atoms with Gasteiger partial charge < -0.3 is 14.8 Å². The quantitative estimate of drug-likeness (QED) is 0.691. The fourth-order valence-corrected chi connectivity index (χ4v) is 3.34. The first kappa shape index (κ1) is 18.1. The largest absolute Gasteiger partial charge is 0.471 e. The van der Waals surface area contributed by atoms with Gasteiger partial charge in [-0.2, -0.15) is 0 Å². The van der Waals surface area contributed by atoms with E-state index < -0.39 is 0 Å². The second-order valence-corrected chi connectivity index (χ2v) is 6.66. The van der Waals surface area contributed by atoms with Gasteiger partial charge in [-0.05, 0) is 23.8 Å². The molecule has 3 aromatic rings. The lowest BCUT2D eigenvalue weighted by molar-refractivity contribution is -0.142. The average Bonchev–Trinajstić information content (AvgIpc) is 3.21. The molecule has 28 heavy (non-hydrogen) atoms. The third-order valence-corrected chi connectivity index (χ3v) is 4.79. The van der Waals surface area contributed by atoms with E-state index in [0.29, 0.717) is 24.5 Å². The van der Waals surface area contributed by atoms with Gasteiger partial charge in [0.2, 0.25) is 5.88 Å². The standard InChI is InChI=1S/C22H21N3O3/c1-3-14-7-6-8-15(11-14)20-21(25-18-10-5-4-9-17(18)24-20)28-16-12-19(23-13-16)22(26)27-2/h3-11,16,19,23H,1,12-13H2,2H3/t16-,19+/m1/s1. The Morgan fingerprint density at radius 3 is 2.71 bits per heavy atom. The van der Waals surface area contributed by atoms with Gasteiger partial charge >= 0.3 is 5.97 Å². The Balaban J connectivity index is 1.72. The van der Waals surface area contributed by atoms with Gasteiger partial charge in [-0.25, -0.2) is 9.97 Å². The second kappa shape index (κ2) is 7.78. The highest BCUT2D eigenvalue weighted by molar-refractivity contribution is 5.80. The number of para-hydroxylation sites is 2. The molecule has 2 aromatic carbocycles. The lowest BCUT2D eigenvalue weighted by Crippen LogP contribution is -2.31. The fourth-order valence-electron chi connectivity index (χ4n) is 3.34. The van der Waals surface area contributed by atoms with Crippen LogP contribution < -0.4 is 10.1 Å². The van der Waals surface area contributed by atoms with Crippen LogP contribution in [0, 0.1) is 0 Å². The van der Waals surface area contributed by atoms with Gasteiger partial charge in [-0.1, -0.05) is 43.0 Å². The molecule has 6 heteroatoms. The molecule has 0 spiro atoms. The van der Waals surface area contributed by atoms with E-state index in [-0.39, 0.29) is 18.1 Å². The van der Waals surface area contributed by atoms with E-state index in [1.165, 1.54) is 7.11 Å². The molecule has 142 valence electrons. The van der Waals surface area contributed by atoms with Gasteiger partial charge in [0.15, 0.2) is 0 Å². The first-order valence-corrected chi connectivity index (χ1v) is 9.15. The minimum atomic E-state index is -0.365. The van der Waals surface area contributed by atoms with Crippen molar-refractivity contribution in [3.63, 3.8) is 0 Å². The lowest BCUT2D eigenvalue weighted by atomic mass is 10.1. The summed E-state index contributed by atoms with van der Waals surface area (Å²) in [6, 6.07) is 15.2.